The van der Waals surface area contributed by atoms with E-state index in [2.05, 4.69) is 26.2 Å². The molecule has 2 heterocycles. The van der Waals surface area contributed by atoms with E-state index in [0.29, 0.717) is 5.82 Å². The van der Waals surface area contributed by atoms with Gasteiger partial charge in [-0.15, -0.1) is 11.3 Å². The van der Waals surface area contributed by atoms with Gasteiger partial charge in [0.15, 0.2) is 0 Å². The highest BCUT2D eigenvalue weighted by molar-refractivity contribution is 9.10. The molecule has 0 fully saturated rings. The molecule has 2 aromatic rings. The number of nitrogens with one attached hydrogen (secondary N) is 1. The summed E-state index contributed by atoms with van der Waals surface area (Å²) < 4.78 is 26.3. The van der Waals surface area contributed by atoms with Crippen molar-refractivity contribution >= 4 is 49.0 Å². The summed E-state index contributed by atoms with van der Waals surface area (Å²) in [5, 5.41) is 4.22. The molecule has 1 amide bonds. The van der Waals surface area contributed by atoms with Crippen molar-refractivity contribution in [2.45, 2.75) is 4.21 Å². The number of hydrogen-bond acceptors (Lipinski definition) is 5. The molecule has 21 heavy (non-hydrogen) atoms. The molecule has 9 heteroatoms. The normalized spacial score (nSPS) is 11.6. The van der Waals surface area contributed by atoms with Gasteiger partial charge in [0.25, 0.3) is 10.0 Å². The first-order valence-electron chi connectivity index (χ1n) is 5.81. The standard InChI is InChI=1S/C12H12BrN3O3S2/c1-16(21(18,19)12-3-2-6-20-12)8-11(17)15-10-5-4-9(13)7-14-10/h2-7H,8H2,1H3,(H,14,15,17). The molecule has 0 bridgehead atoms. The smallest absolute Gasteiger partial charge is 0.252 e. The lowest BCUT2D eigenvalue weighted by atomic mass is 10.4. The molecule has 112 valence electrons. The van der Waals surface area contributed by atoms with Crippen molar-refractivity contribution in [1.82, 2.24) is 9.29 Å². The van der Waals surface area contributed by atoms with Gasteiger partial charge in [-0.05, 0) is 39.5 Å². The lowest BCUT2D eigenvalue weighted by molar-refractivity contribution is -0.116. The van der Waals surface area contributed by atoms with E-state index < -0.39 is 15.9 Å². The Labute approximate surface area is 135 Å². The van der Waals surface area contributed by atoms with Gasteiger partial charge in [0.1, 0.15) is 10.0 Å². The third-order valence-corrected chi connectivity index (χ3v) is 6.17. The summed E-state index contributed by atoms with van der Waals surface area (Å²) in [5.74, 6) is -0.0856. The highest BCUT2D eigenvalue weighted by Crippen LogP contribution is 2.19. The molecule has 6 nitrogen and oxygen atoms in total. The maximum absolute atomic E-state index is 12.2. The van der Waals surface area contributed by atoms with Crippen LogP contribution in [0.5, 0.6) is 0 Å². The Morgan fingerprint density at radius 3 is 2.76 bits per heavy atom. The molecule has 0 atom stereocenters. The first-order chi connectivity index (χ1) is 9.89. The number of nitrogens with zero attached hydrogens (tertiary/aromatic N) is 2. The first kappa shape index (κ1) is 16.1. The van der Waals surface area contributed by atoms with Crippen LogP contribution in [0.25, 0.3) is 0 Å². The molecule has 2 rings (SSSR count). The number of pyridine rings is 1. The summed E-state index contributed by atoms with van der Waals surface area (Å²) in [6.07, 6.45) is 1.54. The van der Waals surface area contributed by atoms with E-state index in [1.54, 1.807) is 29.8 Å². The summed E-state index contributed by atoms with van der Waals surface area (Å²) >= 11 is 4.35. The number of rotatable bonds is 5. The topological polar surface area (TPSA) is 79.4 Å². The van der Waals surface area contributed by atoms with Gasteiger partial charge in [0.2, 0.25) is 5.91 Å². The van der Waals surface area contributed by atoms with Crippen molar-refractivity contribution in [3.63, 3.8) is 0 Å². The van der Waals surface area contributed by atoms with Crippen LogP contribution in [0.4, 0.5) is 5.82 Å². The van der Waals surface area contributed by atoms with Gasteiger partial charge in [-0.1, -0.05) is 6.07 Å². The van der Waals surface area contributed by atoms with Gasteiger partial charge in [-0.3, -0.25) is 4.79 Å². The quantitative estimate of drug-likeness (QED) is 0.849. The Balaban J connectivity index is 2.01. The molecule has 0 aliphatic heterocycles. The van der Waals surface area contributed by atoms with Gasteiger partial charge in [0, 0.05) is 17.7 Å². The summed E-state index contributed by atoms with van der Waals surface area (Å²) in [6, 6.07) is 6.51. The lowest BCUT2D eigenvalue weighted by Crippen LogP contribution is -2.34. The van der Waals surface area contributed by atoms with Crippen LogP contribution in [0.1, 0.15) is 0 Å². The molecule has 1 N–H and O–H groups in total. The Bertz CT molecular complexity index is 715. The second kappa shape index (κ2) is 6.65. The summed E-state index contributed by atoms with van der Waals surface area (Å²) in [5.41, 5.74) is 0. The molecular weight excluding hydrogens is 378 g/mol. The number of aromatic nitrogens is 1. The number of likely N-dealkylation sites (N-methyl/N-ethyl adjacent to an activating group) is 1. The molecule has 0 aromatic carbocycles. The fraction of sp³-hybridized carbons (Fsp3) is 0.167. The van der Waals surface area contributed by atoms with E-state index >= 15 is 0 Å². The Morgan fingerprint density at radius 2 is 2.19 bits per heavy atom. The van der Waals surface area contributed by atoms with Crippen molar-refractivity contribution in [2.75, 3.05) is 18.9 Å². The van der Waals surface area contributed by atoms with Crippen LogP contribution in [0.15, 0.2) is 44.5 Å². The Morgan fingerprint density at radius 1 is 1.43 bits per heavy atom. The molecule has 2 aromatic heterocycles. The van der Waals surface area contributed by atoms with Gasteiger partial charge < -0.3 is 5.32 Å². The zero-order valence-electron chi connectivity index (χ0n) is 11.0. The van der Waals surface area contributed by atoms with E-state index in [9.17, 15) is 13.2 Å². The number of halogens is 1. The van der Waals surface area contributed by atoms with Gasteiger partial charge in [0.05, 0.1) is 6.54 Å². The number of carbonyl (C=O) groups is 1. The molecule has 0 unspecified atom stereocenters. The molecular formula is C12H12BrN3O3S2. The number of anilines is 1. The zero-order chi connectivity index (χ0) is 15.5. The minimum absolute atomic E-state index is 0.208. The van der Waals surface area contributed by atoms with Crippen LogP contribution >= 0.6 is 27.3 Å². The minimum atomic E-state index is -3.63. The minimum Gasteiger partial charge on any atom is -0.310 e. The number of amides is 1. The van der Waals surface area contributed by atoms with Crippen molar-refractivity contribution in [3.8, 4) is 0 Å². The van der Waals surface area contributed by atoms with E-state index in [0.717, 1.165) is 20.1 Å². The molecule has 0 aliphatic carbocycles. The van der Waals surface area contributed by atoms with Crippen molar-refractivity contribution in [2.24, 2.45) is 0 Å². The third kappa shape index (κ3) is 4.10. The molecule has 0 aliphatic rings. The lowest BCUT2D eigenvalue weighted by Gasteiger charge is -2.15. The zero-order valence-corrected chi connectivity index (χ0v) is 14.2. The fourth-order valence-electron chi connectivity index (χ4n) is 1.48. The van der Waals surface area contributed by atoms with E-state index in [4.69, 9.17) is 0 Å². The highest BCUT2D eigenvalue weighted by Gasteiger charge is 2.23. The largest absolute Gasteiger partial charge is 0.310 e. The maximum Gasteiger partial charge on any atom is 0.252 e. The van der Waals surface area contributed by atoms with Gasteiger partial charge >= 0.3 is 0 Å². The van der Waals surface area contributed by atoms with Gasteiger partial charge in [-0.25, -0.2) is 13.4 Å². The Kier molecular flexibility index (Phi) is 5.09. The predicted molar refractivity (Wildman–Crippen MR) is 84.7 cm³/mol. The monoisotopic (exact) mass is 389 g/mol. The average molecular weight is 390 g/mol. The first-order valence-corrected chi connectivity index (χ1v) is 8.92. The number of thiophene rings is 1. The number of carbonyl (C=O) groups excluding carboxylic acids is 1. The molecule has 0 spiro atoms. The molecule has 0 radical (unpaired) electrons. The second-order valence-corrected chi connectivity index (χ2v) is 8.24. The van der Waals surface area contributed by atoms with Gasteiger partial charge in [-0.2, -0.15) is 4.31 Å². The van der Waals surface area contributed by atoms with Crippen LogP contribution in [-0.2, 0) is 14.8 Å². The SMILES string of the molecule is CN(CC(=O)Nc1ccc(Br)cn1)S(=O)(=O)c1cccs1. The van der Waals surface area contributed by atoms with Crippen LogP contribution in [0.3, 0.4) is 0 Å². The molecule has 0 saturated heterocycles. The van der Waals surface area contributed by atoms with Crippen LogP contribution < -0.4 is 5.32 Å². The number of hydrogen-bond donors (Lipinski definition) is 1. The average Bonchev–Trinajstić information content (AvgIpc) is 2.96. The summed E-state index contributed by atoms with van der Waals surface area (Å²) in [6.45, 7) is -0.280. The van der Waals surface area contributed by atoms with Crippen molar-refractivity contribution in [3.05, 3.63) is 40.3 Å². The highest BCUT2D eigenvalue weighted by atomic mass is 79.9. The maximum atomic E-state index is 12.2. The van der Waals surface area contributed by atoms with Crippen LogP contribution in [-0.4, -0.2) is 37.2 Å². The number of sulfonamides is 1. The fourth-order valence-corrected chi connectivity index (χ4v) is 4.05. The predicted octanol–water partition coefficient (Wildman–Crippen LogP) is 2.16. The van der Waals surface area contributed by atoms with Crippen LogP contribution in [0, 0.1) is 0 Å². The summed E-state index contributed by atoms with van der Waals surface area (Å²) in [7, 11) is -2.26. The van der Waals surface area contributed by atoms with E-state index in [1.807, 2.05) is 0 Å². The van der Waals surface area contributed by atoms with Crippen molar-refractivity contribution in [1.29, 1.82) is 0 Å². The summed E-state index contributed by atoms with van der Waals surface area (Å²) in [4.78, 5) is 15.9. The Hall–Kier alpha value is -1.29. The molecule has 0 saturated carbocycles. The van der Waals surface area contributed by atoms with Crippen molar-refractivity contribution < 1.29 is 13.2 Å². The van der Waals surface area contributed by atoms with Crippen LogP contribution in [0.2, 0.25) is 0 Å². The second-order valence-electron chi connectivity index (χ2n) is 4.10. The van der Waals surface area contributed by atoms with E-state index in [1.165, 1.54) is 13.1 Å². The third-order valence-electron chi connectivity index (χ3n) is 2.52. The van der Waals surface area contributed by atoms with E-state index in [-0.39, 0.29) is 10.8 Å².